The highest BCUT2D eigenvalue weighted by molar-refractivity contribution is 14.1. The van der Waals surface area contributed by atoms with Crippen molar-refractivity contribution in [3.63, 3.8) is 0 Å². The zero-order chi connectivity index (χ0) is 15.7. The highest BCUT2D eigenvalue weighted by Crippen LogP contribution is 2.32. The smallest absolute Gasteiger partial charge is 0.199 e. The number of thiophene rings is 1. The monoisotopic (exact) mass is 444 g/mol. The number of benzene rings is 1. The van der Waals surface area contributed by atoms with Crippen molar-refractivity contribution in [3.8, 4) is 10.7 Å². The van der Waals surface area contributed by atoms with Gasteiger partial charge in [0.2, 0.25) is 0 Å². The molecule has 3 nitrogen and oxygen atoms in total. The largest absolute Gasteiger partial charge is 0.337 e. The zero-order valence-corrected chi connectivity index (χ0v) is 15.6. The number of carbonyl (C=O) groups is 1. The molecule has 0 radical (unpaired) electrons. The molecule has 0 bridgehead atoms. The van der Waals surface area contributed by atoms with Gasteiger partial charge in [-0.3, -0.25) is 4.79 Å². The molecule has 0 amide bonds. The molecule has 0 saturated heterocycles. The first-order chi connectivity index (χ1) is 10.6. The van der Waals surface area contributed by atoms with Gasteiger partial charge in [0.15, 0.2) is 3.79 Å². The van der Waals surface area contributed by atoms with Crippen LogP contribution in [0.3, 0.4) is 0 Å². The predicted octanol–water partition coefficient (Wildman–Crippen LogP) is 5.79. The van der Waals surface area contributed by atoms with E-state index in [1.54, 1.807) is 0 Å². The van der Waals surface area contributed by atoms with Crippen LogP contribution in [0.4, 0.5) is 0 Å². The van der Waals surface area contributed by atoms with E-state index in [0.717, 1.165) is 44.5 Å². The third-order valence-electron chi connectivity index (χ3n) is 3.57. The number of hydrogen-bond acceptors (Lipinski definition) is 3. The van der Waals surface area contributed by atoms with E-state index in [-0.39, 0.29) is 9.71 Å². The molecular weight excluding hydrogens is 431 g/mol. The minimum atomic E-state index is -0.0497. The van der Waals surface area contributed by atoms with E-state index in [1.807, 2.05) is 52.9 Å². The van der Waals surface area contributed by atoms with Gasteiger partial charge in [-0.25, -0.2) is 4.98 Å². The van der Waals surface area contributed by atoms with Crippen molar-refractivity contribution in [2.75, 3.05) is 0 Å². The van der Waals surface area contributed by atoms with Gasteiger partial charge in [0.05, 0.1) is 26.2 Å². The Morgan fingerprint density at radius 2 is 2.23 bits per heavy atom. The fourth-order valence-corrected chi connectivity index (χ4v) is 4.16. The van der Waals surface area contributed by atoms with Gasteiger partial charge in [0, 0.05) is 22.6 Å². The van der Waals surface area contributed by atoms with E-state index < -0.39 is 0 Å². The van der Waals surface area contributed by atoms with Gasteiger partial charge in [-0.2, -0.15) is 0 Å². The number of aromatic nitrogens is 2. The van der Waals surface area contributed by atoms with Crippen molar-refractivity contribution in [3.05, 3.63) is 40.2 Å². The van der Waals surface area contributed by atoms with Crippen molar-refractivity contribution < 1.29 is 4.79 Å². The maximum atomic E-state index is 11.8. The Kier molecular flexibility index (Phi) is 4.84. The molecule has 114 valence electrons. The number of rotatable bonds is 5. The molecule has 2 heterocycles. The Labute approximate surface area is 151 Å². The molecular formula is C16H14ClIN2OS. The molecule has 0 aliphatic rings. The van der Waals surface area contributed by atoms with Gasteiger partial charge < -0.3 is 4.98 Å². The molecule has 0 saturated carbocycles. The normalized spacial score (nSPS) is 12.7. The molecule has 3 aromatic rings. The molecule has 22 heavy (non-hydrogen) atoms. The van der Waals surface area contributed by atoms with Gasteiger partial charge in [-0.15, -0.1) is 11.3 Å². The summed E-state index contributed by atoms with van der Waals surface area (Å²) in [5, 5.41) is 0. The summed E-state index contributed by atoms with van der Waals surface area (Å²) in [7, 11) is 0. The molecule has 1 atom stereocenters. The molecule has 0 aliphatic carbocycles. The first kappa shape index (κ1) is 16.0. The van der Waals surface area contributed by atoms with Crippen LogP contribution in [0.2, 0.25) is 4.34 Å². The predicted molar refractivity (Wildman–Crippen MR) is 101 cm³/mol. The average Bonchev–Trinajstić information content (AvgIpc) is 3.09. The van der Waals surface area contributed by atoms with Crippen LogP contribution in [0.1, 0.15) is 31.2 Å². The summed E-state index contributed by atoms with van der Waals surface area (Å²) in [5.74, 6) is 0.767. The zero-order valence-electron chi connectivity index (χ0n) is 11.9. The number of H-pyrrole nitrogens is 1. The number of fused-ring (bicyclic) bond motifs is 1. The van der Waals surface area contributed by atoms with Crippen LogP contribution < -0.4 is 0 Å². The van der Waals surface area contributed by atoms with E-state index in [2.05, 4.69) is 16.9 Å². The van der Waals surface area contributed by atoms with Crippen molar-refractivity contribution in [2.24, 2.45) is 0 Å². The Morgan fingerprint density at radius 1 is 1.41 bits per heavy atom. The number of imidazole rings is 1. The molecule has 0 aliphatic heterocycles. The Morgan fingerprint density at radius 3 is 2.86 bits per heavy atom. The van der Waals surface area contributed by atoms with E-state index in [1.165, 1.54) is 11.3 Å². The van der Waals surface area contributed by atoms with Crippen LogP contribution in [-0.4, -0.2) is 13.8 Å². The van der Waals surface area contributed by atoms with E-state index >= 15 is 0 Å². The number of carbonyl (C=O) groups excluding carboxylic acids is 1. The summed E-state index contributed by atoms with van der Waals surface area (Å²) in [6.45, 7) is 2.10. The van der Waals surface area contributed by atoms with Crippen molar-refractivity contribution in [1.29, 1.82) is 0 Å². The maximum Gasteiger partial charge on any atom is 0.199 e. The number of nitrogens with one attached hydrogen (secondary N) is 1. The second-order valence-corrected chi connectivity index (χ2v) is 7.89. The van der Waals surface area contributed by atoms with Crippen LogP contribution in [-0.2, 0) is 4.79 Å². The second-order valence-electron chi connectivity index (χ2n) is 5.11. The SMILES string of the molecule is CCCC(C(=O)I)c1ccc2[nH]c(-c3ccc(Cl)s3)nc2c1. The van der Waals surface area contributed by atoms with Crippen LogP contribution in [0.25, 0.3) is 21.7 Å². The first-order valence-electron chi connectivity index (χ1n) is 7.03. The summed E-state index contributed by atoms with van der Waals surface area (Å²) in [6.07, 6.45) is 1.85. The van der Waals surface area contributed by atoms with Crippen molar-refractivity contribution in [2.45, 2.75) is 25.7 Å². The van der Waals surface area contributed by atoms with E-state index in [4.69, 9.17) is 11.6 Å². The molecule has 0 fully saturated rings. The lowest BCUT2D eigenvalue weighted by molar-refractivity contribution is -0.110. The highest BCUT2D eigenvalue weighted by atomic mass is 127. The quantitative estimate of drug-likeness (QED) is 0.400. The summed E-state index contributed by atoms with van der Waals surface area (Å²) in [6, 6.07) is 9.86. The molecule has 1 aromatic carbocycles. The average molecular weight is 445 g/mol. The third kappa shape index (κ3) is 3.21. The van der Waals surface area contributed by atoms with E-state index in [0.29, 0.717) is 0 Å². The first-order valence-corrected chi connectivity index (χ1v) is 9.30. The van der Waals surface area contributed by atoms with Gasteiger partial charge in [0.1, 0.15) is 5.82 Å². The van der Waals surface area contributed by atoms with Crippen LogP contribution in [0.5, 0.6) is 0 Å². The standard InChI is InChI=1S/C16H14ClIN2OS/c1-2-3-10(15(18)21)9-4-5-11-12(8-9)20-16(19-11)13-6-7-14(17)22-13/h4-8,10H,2-3H2,1H3,(H,19,20). The van der Waals surface area contributed by atoms with Crippen LogP contribution in [0, 0.1) is 0 Å². The number of nitrogens with zero attached hydrogens (tertiary/aromatic N) is 1. The fourth-order valence-electron chi connectivity index (χ4n) is 2.50. The minimum absolute atomic E-state index is 0.0497. The Balaban J connectivity index is 2.01. The molecule has 1 unspecified atom stereocenters. The number of aromatic amines is 1. The number of hydrogen-bond donors (Lipinski definition) is 1. The maximum absolute atomic E-state index is 11.8. The second kappa shape index (κ2) is 6.68. The lowest BCUT2D eigenvalue weighted by Gasteiger charge is -2.11. The molecule has 6 heteroatoms. The van der Waals surface area contributed by atoms with Gasteiger partial charge in [-0.1, -0.05) is 31.0 Å². The van der Waals surface area contributed by atoms with Gasteiger partial charge >= 0.3 is 0 Å². The minimum Gasteiger partial charge on any atom is -0.337 e. The lowest BCUT2D eigenvalue weighted by atomic mass is 9.96. The third-order valence-corrected chi connectivity index (χ3v) is 5.56. The highest BCUT2D eigenvalue weighted by Gasteiger charge is 2.18. The van der Waals surface area contributed by atoms with Gasteiger partial charge in [0.25, 0.3) is 0 Å². The van der Waals surface area contributed by atoms with Crippen LogP contribution >= 0.6 is 45.5 Å². The summed E-state index contributed by atoms with van der Waals surface area (Å²) in [4.78, 5) is 20.8. The van der Waals surface area contributed by atoms with Crippen LogP contribution in [0.15, 0.2) is 30.3 Å². The molecule has 3 rings (SSSR count). The molecule has 0 spiro atoms. The van der Waals surface area contributed by atoms with Gasteiger partial charge in [-0.05, 0) is 36.2 Å². The van der Waals surface area contributed by atoms with Crippen molar-refractivity contribution in [1.82, 2.24) is 9.97 Å². The summed E-state index contributed by atoms with van der Waals surface area (Å²) in [5.41, 5.74) is 2.89. The Bertz CT molecular complexity index is 827. The van der Waals surface area contributed by atoms with Crippen molar-refractivity contribution >= 4 is 60.4 Å². The molecule has 1 N–H and O–H groups in total. The Hall–Kier alpha value is -0.920. The molecule has 2 aromatic heterocycles. The summed E-state index contributed by atoms with van der Waals surface area (Å²) < 4.78 is 0.925. The summed E-state index contributed by atoms with van der Waals surface area (Å²) >= 11 is 9.37. The topological polar surface area (TPSA) is 45.8 Å². The fraction of sp³-hybridized carbons (Fsp3) is 0.250. The van der Waals surface area contributed by atoms with E-state index in [9.17, 15) is 4.79 Å². The lowest BCUT2D eigenvalue weighted by Crippen LogP contribution is -2.05. The number of halogens is 2.